The lowest BCUT2D eigenvalue weighted by Crippen LogP contribution is -2.54. The number of nitrogens with one attached hydrogen (secondary N) is 2. The monoisotopic (exact) mass is 601 g/mol. The summed E-state index contributed by atoms with van der Waals surface area (Å²) in [5.74, 6) is -2.28. The average molecular weight is 602 g/mol. The molecule has 0 aliphatic heterocycles. The Labute approximate surface area is 255 Å². The van der Waals surface area contributed by atoms with Crippen LogP contribution in [0.25, 0.3) is 0 Å². The quantitative estimate of drug-likeness (QED) is 0.139. The minimum atomic E-state index is -1.79. The summed E-state index contributed by atoms with van der Waals surface area (Å²) in [5.41, 5.74) is 0.156. The van der Waals surface area contributed by atoms with Crippen LogP contribution in [0.4, 0.5) is 16.2 Å². The second-order valence-electron chi connectivity index (χ2n) is 10.5. The molecule has 0 aromatic heterocycles. The van der Waals surface area contributed by atoms with Crippen molar-refractivity contribution in [3.8, 4) is 5.75 Å². The highest BCUT2D eigenvalue weighted by molar-refractivity contribution is 6.17. The summed E-state index contributed by atoms with van der Waals surface area (Å²) in [4.78, 5) is 66.7. The van der Waals surface area contributed by atoms with Crippen LogP contribution in [0, 0.1) is 0 Å². The number of anilines is 2. The summed E-state index contributed by atoms with van der Waals surface area (Å²) in [7, 11) is 2.90. The first kappa shape index (κ1) is 33.1. The largest absolute Gasteiger partial charge is 0.497 e. The fourth-order valence-electron chi connectivity index (χ4n) is 3.99. The second-order valence-corrected chi connectivity index (χ2v) is 10.5. The van der Waals surface area contributed by atoms with E-state index in [0.717, 1.165) is 4.90 Å². The number of para-hydroxylation sites is 1. The zero-order chi connectivity index (χ0) is 32.4. The van der Waals surface area contributed by atoms with Crippen LogP contribution in [-0.2, 0) is 19.1 Å². The minimum absolute atomic E-state index is 0.0129. The summed E-state index contributed by atoms with van der Waals surface area (Å²) in [6.07, 6.45) is 1.42. The van der Waals surface area contributed by atoms with E-state index in [1.54, 1.807) is 69.3 Å². The third-order valence-electron chi connectivity index (χ3n) is 6.05. The molecule has 3 aromatic carbocycles. The van der Waals surface area contributed by atoms with Crippen molar-refractivity contribution in [2.75, 3.05) is 31.0 Å². The highest BCUT2D eigenvalue weighted by Gasteiger charge is 2.36. The Kier molecular flexibility index (Phi) is 11.0. The number of nitrogens with zero attached hydrogens (tertiary/aromatic N) is 1. The standard InChI is InChI=1S/C33H35N3O8/c1-7-19-43-30(39)22-11-10-12-23(20-22)34-32(41)35-27(31(40)44-33(2,3)4)29(38)36(5)26-14-9-8-13-25(26)28(37)21-15-17-24(42-6)18-16-21/h7-18,20,27H,1,19H2,2-6H3,(H2,34,35,41). The molecule has 0 radical (unpaired) electrons. The van der Waals surface area contributed by atoms with Crippen LogP contribution in [0.15, 0.2) is 85.5 Å². The van der Waals surface area contributed by atoms with Crippen LogP contribution in [0.1, 0.15) is 47.1 Å². The fraction of sp³-hybridized carbons (Fsp3) is 0.242. The van der Waals surface area contributed by atoms with Gasteiger partial charge in [-0.2, -0.15) is 0 Å². The summed E-state index contributed by atoms with van der Waals surface area (Å²) in [5, 5.41) is 4.88. The number of hydrogen-bond acceptors (Lipinski definition) is 8. The van der Waals surface area contributed by atoms with Crippen molar-refractivity contribution in [2.45, 2.75) is 32.4 Å². The Morgan fingerprint density at radius 2 is 1.61 bits per heavy atom. The van der Waals surface area contributed by atoms with Crippen molar-refractivity contribution >= 4 is 41.0 Å². The lowest BCUT2D eigenvalue weighted by atomic mass is 10.0. The Balaban J connectivity index is 1.87. The number of esters is 2. The first-order chi connectivity index (χ1) is 20.8. The van der Waals surface area contributed by atoms with Crippen LogP contribution < -0.4 is 20.3 Å². The highest BCUT2D eigenvalue weighted by atomic mass is 16.6. The van der Waals surface area contributed by atoms with E-state index in [-0.39, 0.29) is 34.9 Å². The molecular weight excluding hydrogens is 566 g/mol. The highest BCUT2D eigenvalue weighted by Crippen LogP contribution is 2.25. The summed E-state index contributed by atoms with van der Waals surface area (Å²) in [6, 6.07) is 16.1. The molecule has 0 heterocycles. The van der Waals surface area contributed by atoms with Crippen molar-refractivity contribution < 1.29 is 38.2 Å². The molecule has 3 rings (SSSR count). The molecule has 1 unspecified atom stereocenters. The number of methoxy groups -OCH3 is 1. The van der Waals surface area contributed by atoms with Crippen molar-refractivity contribution in [3.63, 3.8) is 0 Å². The number of urea groups is 1. The Morgan fingerprint density at radius 1 is 0.932 bits per heavy atom. The van der Waals surface area contributed by atoms with Crippen LogP contribution in [-0.4, -0.2) is 62.1 Å². The number of ketones is 1. The molecule has 2 N–H and O–H groups in total. The Bertz CT molecular complexity index is 1540. The second kappa shape index (κ2) is 14.6. The van der Waals surface area contributed by atoms with Gasteiger partial charge in [-0.05, 0) is 75.4 Å². The Hall–Kier alpha value is -5.45. The first-order valence-electron chi connectivity index (χ1n) is 13.6. The van der Waals surface area contributed by atoms with Gasteiger partial charge in [-0.15, -0.1) is 0 Å². The van der Waals surface area contributed by atoms with Crippen molar-refractivity contribution in [1.82, 2.24) is 5.32 Å². The maximum atomic E-state index is 13.8. The van der Waals surface area contributed by atoms with Crippen molar-refractivity contribution in [3.05, 3.63) is 102 Å². The van der Waals surface area contributed by atoms with Gasteiger partial charge in [0, 0.05) is 23.9 Å². The number of rotatable bonds is 11. The predicted molar refractivity (Wildman–Crippen MR) is 165 cm³/mol. The number of likely N-dealkylation sites (N-methyl/N-ethyl adjacent to an activating group) is 1. The lowest BCUT2D eigenvalue weighted by Gasteiger charge is -2.28. The normalized spacial score (nSPS) is 11.4. The predicted octanol–water partition coefficient (Wildman–Crippen LogP) is 4.76. The van der Waals surface area contributed by atoms with E-state index in [2.05, 4.69) is 17.2 Å². The number of carbonyl (C=O) groups excluding carboxylic acids is 5. The van der Waals surface area contributed by atoms with Gasteiger partial charge in [0.1, 0.15) is 18.0 Å². The van der Waals surface area contributed by atoms with E-state index in [0.29, 0.717) is 11.3 Å². The number of hydrogen-bond donors (Lipinski definition) is 2. The number of carbonyl (C=O) groups is 5. The van der Waals surface area contributed by atoms with Crippen LogP contribution in [0.3, 0.4) is 0 Å². The third-order valence-corrected chi connectivity index (χ3v) is 6.05. The molecule has 0 spiro atoms. The zero-order valence-electron chi connectivity index (χ0n) is 25.2. The average Bonchev–Trinajstić information content (AvgIpc) is 3.00. The van der Waals surface area contributed by atoms with E-state index < -0.39 is 35.5 Å². The molecule has 0 saturated carbocycles. The molecule has 230 valence electrons. The summed E-state index contributed by atoms with van der Waals surface area (Å²) in [6.45, 7) is 8.37. The third kappa shape index (κ3) is 8.78. The van der Waals surface area contributed by atoms with E-state index in [4.69, 9.17) is 14.2 Å². The van der Waals surface area contributed by atoms with Crippen LogP contribution in [0.2, 0.25) is 0 Å². The molecule has 0 fully saturated rings. The molecule has 11 heteroatoms. The smallest absolute Gasteiger partial charge is 0.339 e. The van der Waals surface area contributed by atoms with E-state index in [1.165, 1.54) is 44.5 Å². The molecule has 3 amide bonds. The SMILES string of the molecule is C=CCOC(=O)c1cccc(NC(=O)NC(C(=O)OC(C)(C)C)C(=O)N(C)c2ccccc2C(=O)c2ccc(OC)cc2)c1. The van der Waals surface area contributed by atoms with E-state index >= 15 is 0 Å². The van der Waals surface area contributed by atoms with Crippen molar-refractivity contribution in [1.29, 1.82) is 0 Å². The maximum Gasteiger partial charge on any atom is 0.339 e. The van der Waals surface area contributed by atoms with Gasteiger partial charge in [0.2, 0.25) is 6.04 Å². The number of benzene rings is 3. The molecule has 3 aromatic rings. The lowest BCUT2D eigenvalue weighted by molar-refractivity contribution is -0.158. The molecular formula is C33H35N3O8. The zero-order valence-corrected chi connectivity index (χ0v) is 25.2. The fourth-order valence-corrected chi connectivity index (χ4v) is 3.99. The van der Waals surface area contributed by atoms with Gasteiger partial charge in [0.15, 0.2) is 5.78 Å². The number of amides is 3. The van der Waals surface area contributed by atoms with Gasteiger partial charge in [0.05, 0.1) is 18.4 Å². The van der Waals surface area contributed by atoms with Gasteiger partial charge < -0.3 is 29.7 Å². The van der Waals surface area contributed by atoms with Gasteiger partial charge in [-0.1, -0.05) is 30.9 Å². The number of ether oxygens (including phenoxy) is 3. The molecule has 11 nitrogen and oxygen atoms in total. The van der Waals surface area contributed by atoms with Gasteiger partial charge >= 0.3 is 18.0 Å². The summed E-state index contributed by atoms with van der Waals surface area (Å²) < 4.78 is 15.6. The van der Waals surface area contributed by atoms with Crippen LogP contribution in [0.5, 0.6) is 5.75 Å². The molecule has 0 aliphatic rings. The molecule has 0 aliphatic carbocycles. The molecule has 44 heavy (non-hydrogen) atoms. The molecule has 0 saturated heterocycles. The van der Waals surface area contributed by atoms with Gasteiger partial charge in [0.25, 0.3) is 5.91 Å². The Morgan fingerprint density at radius 3 is 2.25 bits per heavy atom. The van der Waals surface area contributed by atoms with Gasteiger partial charge in [-0.3, -0.25) is 9.59 Å². The molecule has 1 atom stereocenters. The minimum Gasteiger partial charge on any atom is -0.497 e. The topological polar surface area (TPSA) is 140 Å². The first-order valence-corrected chi connectivity index (χ1v) is 13.6. The maximum absolute atomic E-state index is 13.8. The molecule has 0 bridgehead atoms. The van der Waals surface area contributed by atoms with E-state index in [1.807, 2.05) is 0 Å². The van der Waals surface area contributed by atoms with E-state index in [9.17, 15) is 24.0 Å². The summed E-state index contributed by atoms with van der Waals surface area (Å²) >= 11 is 0. The van der Waals surface area contributed by atoms with Crippen molar-refractivity contribution in [2.24, 2.45) is 0 Å². The van der Waals surface area contributed by atoms with Gasteiger partial charge in [-0.25, -0.2) is 14.4 Å². The van der Waals surface area contributed by atoms with Crippen LogP contribution >= 0.6 is 0 Å².